The van der Waals surface area contributed by atoms with Crippen molar-refractivity contribution in [2.75, 3.05) is 13.1 Å². The Labute approximate surface area is 161 Å². The second-order valence-electron chi connectivity index (χ2n) is 7.90. The zero-order valence-electron chi connectivity index (χ0n) is 15.8. The molecule has 1 aromatic carbocycles. The van der Waals surface area contributed by atoms with E-state index in [9.17, 15) is 8.42 Å². The van der Waals surface area contributed by atoms with E-state index in [1.54, 1.807) is 28.6 Å². The lowest BCUT2D eigenvalue weighted by atomic mass is 9.89. The molecule has 0 bridgehead atoms. The van der Waals surface area contributed by atoms with Crippen molar-refractivity contribution in [1.82, 2.24) is 14.4 Å². The molecule has 1 aromatic heterocycles. The molecule has 2 aromatic rings. The van der Waals surface area contributed by atoms with Gasteiger partial charge in [-0.3, -0.25) is 0 Å². The molecule has 0 atom stereocenters. The summed E-state index contributed by atoms with van der Waals surface area (Å²) in [5.41, 5.74) is 0.784. The van der Waals surface area contributed by atoms with Crippen LogP contribution in [0.15, 0.2) is 33.7 Å². The second-order valence-corrected chi connectivity index (χ2v) is 9.84. The highest BCUT2D eigenvalue weighted by Crippen LogP contribution is 2.32. The molecule has 4 rings (SSSR count). The van der Waals surface area contributed by atoms with E-state index < -0.39 is 10.0 Å². The summed E-state index contributed by atoms with van der Waals surface area (Å²) in [6.45, 7) is 3.37. The normalized spacial score (nSPS) is 20.8. The Hall–Kier alpha value is -1.73. The molecule has 146 valence electrons. The lowest BCUT2D eigenvalue weighted by Gasteiger charge is -2.29. The third kappa shape index (κ3) is 3.94. The third-order valence-electron chi connectivity index (χ3n) is 5.89. The molecular formula is C20H27N3O3S. The van der Waals surface area contributed by atoms with E-state index in [0.717, 1.165) is 31.2 Å². The fourth-order valence-electron chi connectivity index (χ4n) is 4.02. The van der Waals surface area contributed by atoms with Gasteiger partial charge in [-0.25, -0.2) is 8.42 Å². The first-order valence-corrected chi connectivity index (χ1v) is 11.4. The number of benzene rings is 1. The van der Waals surface area contributed by atoms with Crippen molar-refractivity contribution in [3.8, 4) is 11.4 Å². The number of nitrogens with zero attached hydrogens (tertiary/aromatic N) is 3. The van der Waals surface area contributed by atoms with Crippen LogP contribution in [0.3, 0.4) is 0 Å². The van der Waals surface area contributed by atoms with Crippen LogP contribution in [-0.4, -0.2) is 36.0 Å². The van der Waals surface area contributed by atoms with Gasteiger partial charge in [0.25, 0.3) is 0 Å². The molecule has 1 saturated heterocycles. The van der Waals surface area contributed by atoms with E-state index >= 15 is 0 Å². The summed E-state index contributed by atoms with van der Waals surface area (Å²) in [4.78, 5) is 4.89. The predicted octanol–water partition coefficient (Wildman–Crippen LogP) is 4.20. The zero-order chi connectivity index (χ0) is 18.9. The number of rotatable bonds is 4. The van der Waals surface area contributed by atoms with E-state index in [1.807, 2.05) is 0 Å². The monoisotopic (exact) mass is 389 g/mol. The maximum Gasteiger partial charge on any atom is 0.243 e. The van der Waals surface area contributed by atoms with Gasteiger partial charge >= 0.3 is 0 Å². The maximum absolute atomic E-state index is 12.8. The number of hydrogen-bond acceptors (Lipinski definition) is 5. The van der Waals surface area contributed by atoms with Crippen LogP contribution >= 0.6 is 0 Å². The Bertz CT molecular complexity index is 862. The van der Waals surface area contributed by atoms with E-state index in [-0.39, 0.29) is 0 Å². The molecule has 7 heteroatoms. The van der Waals surface area contributed by atoms with Gasteiger partial charge in [0.1, 0.15) is 0 Å². The Kier molecular flexibility index (Phi) is 5.32. The zero-order valence-corrected chi connectivity index (χ0v) is 16.6. The second kappa shape index (κ2) is 7.72. The largest absolute Gasteiger partial charge is 0.339 e. The fourth-order valence-corrected chi connectivity index (χ4v) is 5.49. The van der Waals surface area contributed by atoms with Crippen molar-refractivity contribution in [3.05, 3.63) is 30.2 Å². The molecule has 0 unspecified atom stereocenters. The van der Waals surface area contributed by atoms with E-state index in [2.05, 4.69) is 17.1 Å². The summed E-state index contributed by atoms with van der Waals surface area (Å²) in [5, 5.41) is 4.11. The number of hydrogen-bond donors (Lipinski definition) is 0. The molecule has 0 N–H and O–H groups in total. The van der Waals surface area contributed by atoms with Crippen LogP contribution in [0.25, 0.3) is 11.4 Å². The SMILES string of the molecule is CC1CCN(S(=O)(=O)c2ccc(-c3noc(C4CCCCC4)n3)cc2)CC1. The highest BCUT2D eigenvalue weighted by molar-refractivity contribution is 7.89. The van der Waals surface area contributed by atoms with E-state index in [0.29, 0.717) is 41.5 Å². The molecule has 27 heavy (non-hydrogen) atoms. The fraction of sp³-hybridized carbons (Fsp3) is 0.600. The number of aromatic nitrogens is 2. The molecule has 0 radical (unpaired) electrons. The van der Waals surface area contributed by atoms with Gasteiger partial charge in [0.05, 0.1) is 4.90 Å². The van der Waals surface area contributed by atoms with Crippen LogP contribution in [0.1, 0.15) is 63.7 Å². The first-order valence-electron chi connectivity index (χ1n) is 9.98. The van der Waals surface area contributed by atoms with Gasteiger partial charge in [-0.2, -0.15) is 9.29 Å². The molecule has 0 spiro atoms. The highest BCUT2D eigenvalue weighted by atomic mass is 32.2. The topological polar surface area (TPSA) is 76.3 Å². The van der Waals surface area contributed by atoms with Crippen LogP contribution in [0.2, 0.25) is 0 Å². The van der Waals surface area contributed by atoms with Crippen LogP contribution in [0, 0.1) is 5.92 Å². The van der Waals surface area contributed by atoms with Gasteiger partial charge < -0.3 is 4.52 Å². The molecule has 1 aliphatic heterocycles. The minimum atomic E-state index is -3.43. The van der Waals surface area contributed by atoms with Crippen molar-refractivity contribution < 1.29 is 12.9 Å². The first-order chi connectivity index (χ1) is 13.0. The molecule has 0 amide bonds. The Morgan fingerprint density at radius 2 is 1.67 bits per heavy atom. The third-order valence-corrected chi connectivity index (χ3v) is 7.80. The maximum atomic E-state index is 12.8. The molecule has 2 aliphatic rings. The minimum absolute atomic E-state index is 0.330. The summed E-state index contributed by atoms with van der Waals surface area (Å²) in [5.74, 6) is 2.20. The summed E-state index contributed by atoms with van der Waals surface area (Å²) in [6.07, 6.45) is 7.76. The lowest BCUT2D eigenvalue weighted by molar-refractivity contribution is 0.288. The molecule has 6 nitrogen and oxygen atoms in total. The van der Waals surface area contributed by atoms with Crippen LogP contribution in [0.5, 0.6) is 0 Å². The Morgan fingerprint density at radius 3 is 2.33 bits per heavy atom. The average Bonchev–Trinajstić information content (AvgIpc) is 3.19. The molecule has 1 saturated carbocycles. The standard InChI is InChI=1S/C20H27N3O3S/c1-15-11-13-23(14-12-15)27(24,25)18-9-7-16(8-10-18)19-21-20(26-22-19)17-5-3-2-4-6-17/h7-10,15,17H,2-6,11-14H2,1H3. The summed E-state index contributed by atoms with van der Waals surface area (Å²) in [6, 6.07) is 6.85. The molecule has 2 fully saturated rings. The summed E-state index contributed by atoms with van der Waals surface area (Å²) in [7, 11) is -3.43. The van der Waals surface area contributed by atoms with Crippen molar-refractivity contribution in [2.24, 2.45) is 5.92 Å². The Morgan fingerprint density at radius 1 is 1.00 bits per heavy atom. The quantitative estimate of drug-likeness (QED) is 0.783. The van der Waals surface area contributed by atoms with Crippen molar-refractivity contribution >= 4 is 10.0 Å². The number of sulfonamides is 1. The van der Waals surface area contributed by atoms with Crippen LogP contribution in [-0.2, 0) is 10.0 Å². The molecular weight excluding hydrogens is 362 g/mol. The van der Waals surface area contributed by atoms with Crippen molar-refractivity contribution in [1.29, 1.82) is 0 Å². The van der Waals surface area contributed by atoms with Gasteiger partial charge in [0.15, 0.2) is 0 Å². The van der Waals surface area contributed by atoms with Crippen LogP contribution < -0.4 is 0 Å². The summed E-state index contributed by atoms with van der Waals surface area (Å²) >= 11 is 0. The van der Waals surface area contributed by atoms with E-state index in [1.165, 1.54) is 19.3 Å². The van der Waals surface area contributed by atoms with E-state index in [4.69, 9.17) is 4.52 Å². The van der Waals surface area contributed by atoms with Gasteiger partial charge in [0.2, 0.25) is 21.7 Å². The summed E-state index contributed by atoms with van der Waals surface area (Å²) < 4.78 is 32.7. The molecule has 2 heterocycles. The number of piperidine rings is 1. The Balaban J connectivity index is 1.50. The van der Waals surface area contributed by atoms with Crippen molar-refractivity contribution in [2.45, 2.75) is 62.7 Å². The smallest absolute Gasteiger partial charge is 0.243 e. The molecule has 1 aliphatic carbocycles. The average molecular weight is 390 g/mol. The predicted molar refractivity (Wildman–Crippen MR) is 103 cm³/mol. The van der Waals surface area contributed by atoms with Crippen LogP contribution in [0.4, 0.5) is 0 Å². The van der Waals surface area contributed by atoms with Crippen molar-refractivity contribution in [3.63, 3.8) is 0 Å². The van der Waals surface area contributed by atoms with Gasteiger partial charge in [-0.15, -0.1) is 0 Å². The van der Waals surface area contributed by atoms with Gasteiger partial charge in [-0.05, 0) is 55.9 Å². The first kappa shape index (κ1) is 18.6. The lowest BCUT2D eigenvalue weighted by Crippen LogP contribution is -2.37. The highest BCUT2D eigenvalue weighted by Gasteiger charge is 2.28. The van der Waals surface area contributed by atoms with Gasteiger partial charge in [-0.1, -0.05) is 31.3 Å². The minimum Gasteiger partial charge on any atom is -0.339 e. The van der Waals surface area contributed by atoms with Gasteiger partial charge in [0, 0.05) is 24.6 Å².